The van der Waals surface area contributed by atoms with Gasteiger partial charge in [-0.15, -0.1) is 0 Å². The minimum atomic E-state index is -0.446. The lowest BCUT2D eigenvalue weighted by Gasteiger charge is -2.19. The molecule has 4 heteroatoms. The number of nitrogens with one attached hydrogen (secondary N) is 1. The Bertz CT molecular complexity index is 641. The summed E-state index contributed by atoms with van der Waals surface area (Å²) < 4.78 is 13.8. The van der Waals surface area contributed by atoms with Crippen LogP contribution in [0.25, 0.3) is 0 Å². The van der Waals surface area contributed by atoms with Crippen LogP contribution in [0.3, 0.4) is 0 Å². The molecule has 0 radical (unpaired) electrons. The maximum Gasteiger partial charge on any atom is 0.132 e. The van der Waals surface area contributed by atoms with Gasteiger partial charge < -0.3 is 15.5 Å². The summed E-state index contributed by atoms with van der Waals surface area (Å²) in [7, 11) is 0. The normalized spacial score (nSPS) is 12.2. The van der Waals surface area contributed by atoms with Gasteiger partial charge in [0.2, 0.25) is 0 Å². The second-order valence-corrected chi connectivity index (χ2v) is 5.03. The minimum absolute atomic E-state index is 0.0879. The Kier molecular flexibility index (Phi) is 3.84. The van der Waals surface area contributed by atoms with Crippen LogP contribution in [0.5, 0.6) is 11.5 Å². The fraction of sp³-hybridized carbons (Fsp3) is 0.250. The first-order chi connectivity index (χ1) is 9.38. The van der Waals surface area contributed by atoms with Crippen molar-refractivity contribution >= 4 is 5.69 Å². The van der Waals surface area contributed by atoms with E-state index >= 15 is 0 Å². The number of hydrogen-bond acceptors (Lipinski definition) is 3. The number of aryl methyl sites for hydroxylation is 2. The number of phenols is 2. The zero-order chi connectivity index (χ0) is 14.9. The van der Waals surface area contributed by atoms with Crippen molar-refractivity contribution < 1.29 is 14.6 Å². The first kappa shape index (κ1) is 14.2. The van der Waals surface area contributed by atoms with Crippen LogP contribution in [0.4, 0.5) is 10.1 Å². The molecule has 2 aromatic rings. The van der Waals surface area contributed by atoms with Crippen molar-refractivity contribution in [1.29, 1.82) is 0 Å². The molecule has 1 unspecified atom stereocenters. The Balaban J connectivity index is 2.27. The molecule has 3 nitrogen and oxygen atoms in total. The van der Waals surface area contributed by atoms with Gasteiger partial charge in [-0.2, -0.15) is 0 Å². The van der Waals surface area contributed by atoms with Crippen molar-refractivity contribution in [2.75, 3.05) is 5.32 Å². The number of benzene rings is 2. The molecule has 0 amide bonds. The van der Waals surface area contributed by atoms with Gasteiger partial charge in [0.15, 0.2) is 0 Å². The minimum Gasteiger partial charge on any atom is -0.508 e. The largest absolute Gasteiger partial charge is 0.508 e. The highest BCUT2D eigenvalue weighted by Gasteiger charge is 2.13. The quantitative estimate of drug-likeness (QED) is 0.741. The Morgan fingerprint density at radius 1 is 1.05 bits per heavy atom. The third kappa shape index (κ3) is 2.85. The van der Waals surface area contributed by atoms with Crippen LogP contribution < -0.4 is 5.32 Å². The second-order valence-electron chi connectivity index (χ2n) is 5.03. The third-order valence-electron chi connectivity index (χ3n) is 3.37. The molecule has 0 aromatic heterocycles. The van der Waals surface area contributed by atoms with Gasteiger partial charge in [-0.25, -0.2) is 4.39 Å². The van der Waals surface area contributed by atoms with Gasteiger partial charge in [0.1, 0.15) is 17.3 Å². The predicted molar refractivity (Wildman–Crippen MR) is 77.7 cm³/mol. The zero-order valence-corrected chi connectivity index (χ0v) is 11.7. The van der Waals surface area contributed by atoms with Gasteiger partial charge in [0.25, 0.3) is 0 Å². The summed E-state index contributed by atoms with van der Waals surface area (Å²) in [5.74, 6) is -0.287. The average Bonchev–Trinajstić information content (AvgIpc) is 2.35. The standard InChI is InChI=1S/C16H18FNO2/c1-9-7-16(20)10(2)6-15(9)18-11(3)13-5-4-12(19)8-14(13)17/h4-8,11,18-20H,1-3H3. The van der Waals surface area contributed by atoms with Crippen molar-refractivity contribution in [2.24, 2.45) is 0 Å². The van der Waals surface area contributed by atoms with Gasteiger partial charge >= 0.3 is 0 Å². The Hall–Kier alpha value is -2.23. The number of halogens is 1. The van der Waals surface area contributed by atoms with Gasteiger partial charge in [0, 0.05) is 17.3 Å². The lowest BCUT2D eigenvalue weighted by Crippen LogP contribution is -2.09. The van der Waals surface area contributed by atoms with Crippen molar-refractivity contribution in [1.82, 2.24) is 0 Å². The van der Waals surface area contributed by atoms with E-state index in [0.717, 1.165) is 22.9 Å². The molecule has 2 aromatic carbocycles. The monoisotopic (exact) mass is 275 g/mol. The van der Waals surface area contributed by atoms with Crippen molar-refractivity contribution in [3.63, 3.8) is 0 Å². The summed E-state index contributed by atoms with van der Waals surface area (Å²) in [6.07, 6.45) is 0. The molecule has 0 fully saturated rings. The van der Waals surface area contributed by atoms with E-state index in [1.54, 1.807) is 12.1 Å². The Morgan fingerprint density at radius 3 is 2.40 bits per heavy atom. The molecule has 0 spiro atoms. The summed E-state index contributed by atoms with van der Waals surface area (Å²) in [6, 6.07) is 7.38. The van der Waals surface area contributed by atoms with Crippen LogP contribution in [0.1, 0.15) is 29.7 Å². The van der Waals surface area contributed by atoms with E-state index in [2.05, 4.69) is 5.32 Å². The van der Waals surface area contributed by atoms with Crippen LogP contribution in [0.15, 0.2) is 30.3 Å². The highest BCUT2D eigenvalue weighted by atomic mass is 19.1. The van der Waals surface area contributed by atoms with Gasteiger partial charge in [-0.05, 0) is 50.1 Å². The van der Waals surface area contributed by atoms with E-state index in [-0.39, 0.29) is 17.5 Å². The van der Waals surface area contributed by atoms with Gasteiger partial charge in [-0.1, -0.05) is 6.07 Å². The molecule has 0 aliphatic rings. The Labute approximate surface area is 117 Å². The molecular weight excluding hydrogens is 257 g/mol. The molecule has 0 aliphatic heterocycles. The number of rotatable bonds is 3. The van der Waals surface area contributed by atoms with Crippen molar-refractivity contribution in [2.45, 2.75) is 26.8 Å². The number of phenolic OH excluding ortho intramolecular Hbond substituents is 2. The maximum absolute atomic E-state index is 13.8. The van der Waals surface area contributed by atoms with E-state index in [4.69, 9.17) is 0 Å². The maximum atomic E-state index is 13.8. The molecule has 106 valence electrons. The predicted octanol–water partition coefficient (Wildman–Crippen LogP) is 4.03. The van der Waals surface area contributed by atoms with Gasteiger partial charge in [0.05, 0.1) is 6.04 Å². The van der Waals surface area contributed by atoms with E-state index in [9.17, 15) is 14.6 Å². The third-order valence-corrected chi connectivity index (χ3v) is 3.37. The number of hydrogen-bond donors (Lipinski definition) is 3. The van der Waals surface area contributed by atoms with E-state index < -0.39 is 5.82 Å². The molecule has 0 heterocycles. The fourth-order valence-corrected chi connectivity index (χ4v) is 2.13. The molecule has 0 saturated heterocycles. The van der Waals surface area contributed by atoms with Crippen molar-refractivity contribution in [3.05, 3.63) is 52.8 Å². The fourth-order valence-electron chi connectivity index (χ4n) is 2.13. The summed E-state index contributed by atoms with van der Waals surface area (Å²) >= 11 is 0. The van der Waals surface area contributed by atoms with Gasteiger partial charge in [-0.3, -0.25) is 0 Å². The smallest absolute Gasteiger partial charge is 0.132 e. The average molecular weight is 275 g/mol. The molecule has 0 saturated carbocycles. The first-order valence-electron chi connectivity index (χ1n) is 6.43. The van der Waals surface area contributed by atoms with E-state index in [1.807, 2.05) is 26.8 Å². The van der Waals surface area contributed by atoms with E-state index in [1.165, 1.54) is 6.07 Å². The molecule has 1 atom stereocenters. The van der Waals surface area contributed by atoms with Crippen molar-refractivity contribution in [3.8, 4) is 11.5 Å². The summed E-state index contributed by atoms with van der Waals surface area (Å²) in [5.41, 5.74) is 2.98. The molecular formula is C16H18FNO2. The van der Waals surface area contributed by atoms with Crippen LogP contribution in [-0.4, -0.2) is 10.2 Å². The van der Waals surface area contributed by atoms with Crippen LogP contribution >= 0.6 is 0 Å². The molecule has 0 bridgehead atoms. The zero-order valence-electron chi connectivity index (χ0n) is 11.7. The highest BCUT2D eigenvalue weighted by Crippen LogP contribution is 2.29. The van der Waals surface area contributed by atoms with Crippen LogP contribution in [-0.2, 0) is 0 Å². The first-order valence-corrected chi connectivity index (χ1v) is 6.43. The lowest BCUT2D eigenvalue weighted by atomic mass is 10.0. The topological polar surface area (TPSA) is 52.5 Å². The number of anilines is 1. The molecule has 2 rings (SSSR count). The van der Waals surface area contributed by atoms with Crippen LogP contribution in [0, 0.1) is 19.7 Å². The molecule has 3 N–H and O–H groups in total. The summed E-state index contributed by atoms with van der Waals surface area (Å²) in [6.45, 7) is 5.53. The number of aromatic hydroxyl groups is 2. The Morgan fingerprint density at radius 2 is 1.75 bits per heavy atom. The SMILES string of the molecule is Cc1cc(NC(C)c2ccc(O)cc2F)c(C)cc1O. The summed E-state index contributed by atoms with van der Waals surface area (Å²) in [4.78, 5) is 0. The highest BCUT2D eigenvalue weighted by molar-refractivity contribution is 5.57. The molecule has 20 heavy (non-hydrogen) atoms. The molecule has 0 aliphatic carbocycles. The summed E-state index contributed by atoms with van der Waals surface area (Å²) in [5, 5.41) is 22.1. The van der Waals surface area contributed by atoms with E-state index in [0.29, 0.717) is 5.56 Å². The lowest BCUT2D eigenvalue weighted by molar-refractivity contribution is 0.467. The second kappa shape index (κ2) is 5.41. The van der Waals surface area contributed by atoms with Crippen LogP contribution in [0.2, 0.25) is 0 Å².